The molecular formula is C28H34ClF2N6O4+. The predicted octanol–water partition coefficient (Wildman–Crippen LogP) is 3.74. The molecule has 10 nitrogen and oxygen atoms in total. The Balaban J connectivity index is 1.56. The standard InChI is InChI=1S/C28H33ClF2N6O4/c1-36-21(19-10-11-22(41-4)25(31)24(19)30)15-34-26(36)28(40)35-17-8-9-18(20(29)14-17)27(39)33-12-6-5-7-13-37(2,3)16-23(32)38/h8-11,14-15H,5-7,12-13,16H2,1-4H3,(H3-,32,33,35,38,39,40)/p+1. The Morgan fingerprint density at radius 2 is 1.80 bits per heavy atom. The van der Waals surface area contributed by atoms with E-state index in [1.165, 1.54) is 55.3 Å². The summed E-state index contributed by atoms with van der Waals surface area (Å²) in [5.74, 6) is -3.85. The molecule has 0 saturated heterocycles. The number of methoxy groups -OCH3 is 1. The van der Waals surface area contributed by atoms with Crippen LogP contribution in [0.5, 0.6) is 5.75 Å². The van der Waals surface area contributed by atoms with Crippen LogP contribution in [0.25, 0.3) is 11.3 Å². The number of benzene rings is 2. The fraction of sp³-hybridized carbons (Fsp3) is 0.357. The Bertz CT molecular complexity index is 1440. The van der Waals surface area contributed by atoms with E-state index in [-0.39, 0.29) is 51.8 Å². The number of imidazole rings is 1. The smallest absolute Gasteiger partial charge is 0.291 e. The number of likely N-dealkylation sites (N-methyl/N-ethyl adjacent to an activating group) is 1. The molecule has 1 heterocycles. The van der Waals surface area contributed by atoms with Crippen LogP contribution in [0.2, 0.25) is 5.02 Å². The Labute approximate surface area is 242 Å². The van der Waals surface area contributed by atoms with E-state index in [2.05, 4.69) is 15.6 Å². The van der Waals surface area contributed by atoms with Gasteiger partial charge in [0.15, 0.2) is 23.9 Å². The second-order valence-corrected chi connectivity index (χ2v) is 10.6. The zero-order valence-electron chi connectivity index (χ0n) is 23.4. The maximum atomic E-state index is 14.6. The number of ether oxygens (including phenoxy) is 1. The molecule has 0 atom stereocenters. The van der Waals surface area contributed by atoms with Crippen LogP contribution in [-0.2, 0) is 11.8 Å². The molecule has 0 radical (unpaired) electrons. The highest BCUT2D eigenvalue weighted by atomic mass is 35.5. The van der Waals surface area contributed by atoms with Gasteiger partial charge in [0.25, 0.3) is 17.7 Å². The van der Waals surface area contributed by atoms with Crippen molar-refractivity contribution >= 4 is 35.0 Å². The molecule has 0 saturated carbocycles. The van der Waals surface area contributed by atoms with E-state index < -0.39 is 17.5 Å². The zero-order valence-corrected chi connectivity index (χ0v) is 24.1. The lowest BCUT2D eigenvalue weighted by Crippen LogP contribution is -2.46. The molecular weight excluding hydrogens is 558 g/mol. The van der Waals surface area contributed by atoms with Crippen LogP contribution >= 0.6 is 11.6 Å². The summed E-state index contributed by atoms with van der Waals surface area (Å²) >= 11 is 6.32. The number of nitrogens with zero attached hydrogens (tertiary/aromatic N) is 3. The van der Waals surface area contributed by atoms with Crippen molar-refractivity contribution in [2.45, 2.75) is 19.3 Å². The summed E-state index contributed by atoms with van der Waals surface area (Å²) in [4.78, 5) is 40.7. The highest BCUT2D eigenvalue weighted by Gasteiger charge is 2.22. The van der Waals surface area contributed by atoms with Gasteiger partial charge < -0.3 is 30.2 Å². The maximum absolute atomic E-state index is 14.6. The van der Waals surface area contributed by atoms with E-state index in [1.807, 2.05) is 14.1 Å². The lowest BCUT2D eigenvalue weighted by Gasteiger charge is -2.28. The summed E-state index contributed by atoms with van der Waals surface area (Å²) in [6.07, 6.45) is 3.77. The average Bonchev–Trinajstić information content (AvgIpc) is 3.27. The second kappa shape index (κ2) is 13.6. The predicted molar refractivity (Wildman–Crippen MR) is 152 cm³/mol. The Morgan fingerprint density at radius 3 is 2.46 bits per heavy atom. The number of rotatable bonds is 13. The monoisotopic (exact) mass is 591 g/mol. The molecule has 1 aromatic heterocycles. The van der Waals surface area contributed by atoms with Crippen LogP contribution in [0.1, 0.15) is 40.2 Å². The van der Waals surface area contributed by atoms with Gasteiger partial charge >= 0.3 is 0 Å². The number of nitrogens with two attached hydrogens (primary N) is 1. The van der Waals surface area contributed by atoms with Crippen LogP contribution in [0, 0.1) is 11.6 Å². The molecule has 3 rings (SSSR count). The first-order valence-corrected chi connectivity index (χ1v) is 13.3. The van der Waals surface area contributed by atoms with Gasteiger partial charge in [-0.05, 0) is 49.6 Å². The van der Waals surface area contributed by atoms with Crippen molar-refractivity contribution < 1.29 is 32.4 Å². The number of carbonyl (C=O) groups is 3. The van der Waals surface area contributed by atoms with Crippen molar-refractivity contribution in [3.63, 3.8) is 0 Å². The van der Waals surface area contributed by atoms with Crippen LogP contribution in [-0.4, -0.2) is 72.6 Å². The first-order chi connectivity index (χ1) is 19.3. The quantitative estimate of drug-likeness (QED) is 0.206. The lowest BCUT2D eigenvalue weighted by molar-refractivity contribution is -0.882. The van der Waals surface area contributed by atoms with Gasteiger partial charge in [-0.25, -0.2) is 9.37 Å². The molecule has 2 aromatic carbocycles. The number of quaternary nitrogens is 1. The van der Waals surface area contributed by atoms with E-state index in [0.717, 1.165) is 25.8 Å². The third kappa shape index (κ3) is 8.01. The minimum Gasteiger partial charge on any atom is -0.494 e. The van der Waals surface area contributed by atoms with Gasteiger partial charge in [0.2, 0.25) is 5.82 Å². The fourth-order valence-corrected chi connectivity index (χ4v) is 4.63. The highest BCUT2D eigenvalue weighted by molar-refractivity contribution is 6.34. The Morgan fingerprint density at radius 1 is 1.07 bits per heavy atom. The summed E-state index contributed by atoms with van der Waals surface area (Å²) in [5, 5.41) is 5.62. The molecule has 13 heteroatoms. The first-order valence-electron chi connectivity index (χ1n) is 12.9. The maximum Gasteiger partial charge on any atom is 0.291 e. The number of halogens is 3. The van der Waals surface area contributed by atoms with Gasteiger partial charge in [0.05, 0.1) is 50.2 Å². The molecule has 0 aliphatic rings. The number of hydrogen-bond donors (Lipinski definition) is 3. The first kappa shape index (κ1) is 31.5. The molecule has 41 heavy (non-hydrogen) atoms. The van der Waals surface area contributed by atoms with Crippen LogP contribution in [0.3, 0.4) is 0 Å². The van der Waals surface area contributed by atoms with E-state index in [0.29, 0.717) is 16.7 Å². The Hall–Kier alpha value is -4.03. The van der Waals surface area contributed by atoms with Crippen molar-refractivity contribution in [3.8, 4) is 17.0 Å². The van der Waals surface area contributed by atoms with Crippen LogP contribution < -0.4 is 21.1 Å². The van der Waals surface area contributed by atoms with Crippen molar-refractivity contribution in [1.29, 1.82) is 0 Å². The average molecular weight is 592 g/mol. The van der Waals surface area contributed by atoms with Gasteiger partial charge in [-0.15, -0.1) is 0 Å². The van der Waals surface area contributed by atoms with Crippen LogP contribution in [0.15, 0.2) is 36.5 Å². The largest absolute Gasteiger partial charge is 0.494 e. The third-order valence-corrected chi connectivity index (χ3v) is 6.83. The number of unbranched alkanes of at least 4 members (excludes halogenated alkanes) is 2. The van der Waals surface area contributed by atoms with Gasteiger partial charge in [0, 0.05) is 24.8 Å². The number of amides is 3. The molecule has 0 unspecified atom stereocenters. The van der Waals surface area contributed by atoms with Gasteiger partial charge in [-0.1, -0.05) is 11.6 Å². The molecule has 4 N–H and O–H groups in total. The Kier molecular flexibility index (Phi) is 10.4. The molecule has 0 aliphatic heterocycles. The minimum atomic E-state index is -1.14. The summed E-state index contributed by atoms with van der Waals surface area (Å²) in [5.41, 5.74) is 5.95. The molecule has 0 bridgehead atoms. The molecule has 0 fully saturated rings. The second-order valence-electron chi connectivity index (χ2n) is 10.2. The topological polar surface area (TPSA) is 128 Å². The summed E-state index contributed by atoms with van der Waals surface area (Å²) in [6, 6.07) is 7.09. The summed E-state index contributed by atoms with van der Waals surface area (Å²) in [7, 11) is 6.62. The molecule has 3 aromatic rings. The molecule has 0 spiro atoms. The summed E-state index contributed by atoms with van der Waals surface area (Å²) in [6.45, 7) is 1.53. The number of primary amides is 1. The highest BCUT2D eigenvalue weighted by Crippen LogP contribution is 2.30. The number of aromatic nitrogens is 2. The zero-order chi connectivity index (χ0) is 30.3. The third-order valence-electron chi connectivity index (χ3n) is 6.52. The van der Waals surface area contributed by atoms with Gasteiger partial charge in [-0.2, -0.15) is 4.39 Å². The van der Waals surface area contributed by atoms with Crippen molar-refractivity contribution in [3.05, 3.63) is 64.6 Å². The normalized spacial score (nSPS) is 11.3. The van der Waals surface area contributed by atoms with Crippen molar-refractivity contribution in [2.75, 3.05) is 46.2 Å². The molecule has 220 valence electrons. The molecule has 0 aliphatic carbocycles. The van der Waals surface area contributed by atoms with Gasteiger partial charge in [0.1, 0.15) is 0 Å². The van der Waals surface area contributed by atoms with E-state index in [4.69, 9.17) is 22.1 Å². The lowest BCUT2D eigenvalue weighted by atomic mass is 10.1. The number of nitrogens with one attached hydrogen (secondary N) is 2. The van der Waals surface area contributed by atoms with E-state index in [9.17, 15) is 23.2 Å². The van der Waals surface area contributed by atoms with E-state index >= 15 is 0 Å². The van der Waals surface area contributed by atoms with Crippen molar-refractivity contribution in [1.82, 2.24) is 14.9 Å². The van der Waals surface area contributed by atoms with E-state index in [1.54, 1.807) is 0 Å². The van der Waals surface area contributed by atoms with Crippen LogP contribution in [0.4, 0.5) is 14.5 Å². The van der Waals surface area contributed by atoms with Crippen molar-refractivity contribution in [2.24, 2.45) is 12.8 Å². The summed E-state index contributed by atoms with van der Waals surface area (Å²) < 4.78 is 35.4. The number of carbonyl (C=O) groups excluding carboxylic acids is 3. The minimum absolute atomic E-state index is 0.0506. The van der Waals surface area contributed by atoms with Gasteiger partial charge in [-0.3, -0.25) is 14.4 Å². The molecule has 3 amide bonds. The fourth-order valence-electron chi connectivity index (χ4n) is 4.36. The number of hydrogen-bond acceptors (Lipinski definition) is 5. The number of anilines is 1. The SMILES string of the molecule is COc1ccc(-c2cnc(C(=O)Nc3ccc(C(=O)NCCCCC[N+](C)(C)CC(N)=O)c(Cl)c3)n2C)c(F)c1F.